The zero-order chi connectivity index (χ0) is 14.5. The average Bonchev–Trinajstić information content (AvgIpc) is 2.38. The second-order valence-electron chi connectivity index (χ2n) is 3.77. The minimum absolute atomic E-state index is 0.0669. The third-order valence-electron chi connectivity index (χ3n) is 2.42. The molecule has 1 aromatic carbocycles. The molecule has 7 nitrogen and oxygen atoms in total. The summed E-state index contributed by atoms with van der Waals surface area (Å²) in [4.78, 5) is 0.0669. The first kappa shape index (κ1) is 16.1. The largest absolute Gasteiger partial charge is 0.326 e. The summed E-state index contributed by atoms with van der Waals surface area (Å²) in [5, 5.41) is 0. The van der Waals surface area contributed by atoms with E-state index >= 15 is 0 Å². The molecule has 0 fully saturated rings. The summed E-state index contributed by atoms with van der Waals surface area (Å²) in [7, 11) is -5.88. The van der Waals surface area contributed by atoms with Gasteiger partial charge in [-0.15, -0.1) is 0 Å². The third-order valence-corrected chi connectivity index (χ3v) is 5.24. The van der Waals surface area contributed by atoms with Crippen LogP contribution in [0.2, 0.25) is 0 Å². The summed E-state index contributed by atoms with van der Waals surface area (Å²) in [6.45, 7) is 0.0376. The van der Waals surface area contributed by atoms with Crippen LogP contribution >= 0.6 is 0 Å². The highest BCUT2D eigenvalue weighted by molar-refractivity contribution is 7.90. The van der Waals surface area contributed by atoms with E-state index in [0.717, 1.165) is 0 Å². The maximum atomic E-state index is 11.9. The summed E-state index contributed by atoms with van der Waals surface area (Å²) in [6, 6.07) is 6.18. The predicted octanol–water partition coefficient (Wildman–Crippen LogP) is -1.03. The Hall–Kier alpha value is -1.00. The lowest BCUT2D eigenvalue weighted by molar-refractivity contribution is 0.578. The number of hydrogen-bond acceptors (Lipinski definition) is 5. The number of sulfonamides is 2. The quantitative estimate of drug-likeness (QED) is 0.595. The van der Waals surface area contributed by atoms with Crippen molar-refractivity contribution in [2.75, 3.05) is 19.3 Å². The van der Waals surface area contributed by atoms with Crippen molar-refractivity contribution >= 4 is 20.0 Å². The summed E-state index contributed by atoms with van der Waals surface area (Å²) < 4.78 is 50.5. The number of rotatable bonds is 7. The van der Waals surface area contributed by atoms with Crippen LogP contribution in [0.1, 0.15) is 5.56 Å². The van der Waals surface area contributed by atoms with Crippen molar-refractivity contribution in [2.24, 2.45) is 5.73 Å². The molecule has 0 aromatic heterocycles. The summed E-state index contributed by atoms with van der Waals surface area (Å²) in [5.41, 5.74) is 6.12. The second kappa shape index (κ2) is 6.44. The molecule has 0 aliphatic carbocycles. The Bertz CT molecular complexity index is 626. The first-order valence-electron chi connectivity index (χ1n) is 5.50. The van der Waals surface area contributed by atoms with Gasteiger partial charge in [0.25, 0.3) is 0 Å². The zero-order valence-corrected chi connectivity index (χ0v) is 12.1. The summed E-state index contributed by atoms with van der Waals surface area (Å²) in [6.07, 6.45) is 0. The molecule has 9 heteroatoms. The van der Waals surface area contributed by atoms with Gasteiger partial charge < -0.3 is 5.73 Å². The van der Waals surface area contributed by atoms with Gasteiger partial charge in [0.15, 0.2) is 0 Å². The Morgan fingerprint density at radius 2 is 1.89 bits per heavy atom. The standard InChI is InChI=1S/C10H17N3O4S2/c1-12-18(14,15)6-5-13-19(16,17)10-4-2-3-9(7-10)8-11/h2-4,7,12-13H,5-6,8,11H2,1H3. The fourth-order valence-electron chi connectivity index (χ4n) is 1.34. The van der Waals surface area contributed by atoms with Crippen LogP contribution in [0.4, 0.5) is 0 Å². The van der Waals surface area contributed by atoms with Gasteiger partial charge >= 0.3 is 0 Å². The van der Waals surface area contributed by atoms with Gasteiger partial charge in [-0.05, 0) is 24.7 Å². The molecule has 0 heterocycles. The Morgan fingerprint density at radius 3 is 2.47 bits per heavy atom. The lowest BCUT2D eigenvalue weighted by Gasteiger charge is -2.08. The van der Waals surface area contributed by atoms with E-state index in [-0.39, 0.29) is 23.7 Å². The Morgan fingerprint density at radius 1 is 1.21 bits per heavy atom. The van der Waals surface area contributed by atoms with Crippen molar-refractivity contribution in [3.05, 3.63) is 29.8 Å². The van der Waals surface area contributed by atoms with Crippen LogP contribution in [-0.2, 0) is 26.6 Å². The van der Waals surface area contributed by atoms with Gasteiger partial charge in [-0.1, -0.05) is 12.1 Å². The molecular weight excluding hydrogens is 290 g/mol. The van der Waals surface area contributed by atoms with Crippen LogP contribution in [0.25, 0.3) is 0 Å². The zero-order valence-electron chi connectivity index (χ0n) is 10.5. The Balaban J connectivity index is 2.76. The molecule has 0 saturated carbocycles. The molecule has 0 spiro atoms. The van der Waals surface area contributed by atoms with E-state index in [2.05, 4.69) is 9.44 Å². The van der Waals surface area contributed by atoms with Crippen LogP contribution in [-0.4, -0.2) is 36.2 Å². The minimum atomic E-state index is -3.72. The van der Waals surface area contributed by atoms with Crippen molar-refractivity contribution in [1.29, 1.82) is 0 Å². The molecule has 0 bridgehead atoms. The molecule has 0 aliphatic rings. The molecule has 0 saturated heterocycles. The van der Waals surface area contributed by atoms with E-state index in [4.69, 9.17) is 5.73 Å². The lowest BCUT2D eigenvalue weighted by Crippen LogP contribution is -2.33. The highest BCUT2D eigenvalue weighted by Crippen LogP contribution is 2.10. The van der Waals surface area contributed by atoms with Crippen LogP contribution in [0.15, 0.2) is 29.2 Å². The fraction of sp³-hybridized carbons (Fsp3) is 0.400. The van der Waals surface area contributed by atoms with E-state index < -0.39 is 20.0 Å². The molecule has 4 N–H and O–H groups in total. The molecule has 0 radical (unpaired) electrons. The number of hydrogen-bond donors (Lipinski definition) is 3. The molecule has 108 valence electrons. The van der Waals surface area contributed by atoms with Crippen molar-refractivity contribution in [1.82, 2.24) is 9.44 Å². The SMILES string of the molecule is CNS(=O)(=O)CCNS(=O)(=O)c1cccc(CN)c1. The van der Waals surface area contributed by atoms with E-state index in [1.807, 2.05) is 0 Å². The summed E-state index contributed by atoms with van der Waals surface area (Å²) >= 11 is 0. The fourth-order valence-corrected chi connectivity index (χ4v) is 3.14. The van der Waals surface area contributed by atoms with E-state index in [1.165, 1.54) is 19.2 Å². The third kappa shape index (κ3) is 4.88. The van der Waals surface area contributed by atoms with Crippen molar-refractivity contribution in [3.63, 3.8) is 0 Å². The minimum Gasteiger partial charge on any atom is -0.326 e. The number of nitrogens with two attached hydrogens (primary N) is 1. The normalized spacial score (nSPS) is 12.5. The molecule has 1 rings (SSSR count). The van der Waals surface area contributed by atoms with Crippen molar-refractivity contribution in [3.8, 4) is 0 Å². The topological polar surface area (TPSA) is 118 Å². The van der Waals surface area contributed by atoms with Gasteiger partial charge in [-0.25, -0.2) is 26.3 Å². The predicted molar refractivity (Wildman–Crippen MR) is 72.4 cm³/mol. The van der Waals surface area contributed by atoms with Crippen molar-refractivity contribution in [2.45, 2.75) is 11.4 Å². The molecule has 19 heavy (non-hydrogen) atoms. The first-order chi connectivity index (χ1) is 8.80. The number of nitrogens with one attached hydrogen (secondary N) is 2. The maximum absolute atomic E-state index is 11.9. The lowest BCUT2D eigenvalue weighted by atomic mass is 10.2. The van der Waals surface area contributed by atoms with Crippen molar-refractivity contribution < 1.29 is 16.8 Å². The molecule has 0 amide bonds. The van der Waals surface area contributed by atoms with Gasteiger partial charge in [-0.2, -0.15) is 0 Å². The van der Waals surface area contributed by atoms with E-state index in [1.54, 1.807) is 12.1 Å². The van der Waals surface area contributed by atoms with Gasteiger partial charge in [0.1, 0.15) is 0 Å². The van der Waals surface area contributed by atoms with Gasteiger partial charge in [0.05, 0.1) is 10.6 Å². The smallest absolute Gasteiger partial charge is 0.240 e. The highest BCUT2D eigenvalue weighted by Gasteiger charge is 2.15. The average molecular weight is 307 g/mol. The Labute approximate surface area is 113 Å². The van der Waals surface area contributed by atoms with Crippen LogP contribution in [0, 0.1) is 0 Å². The Kier molecular flexibility index (Phi) is 5.44. The monoisotopic (exact) mass is 307 g/mol. The van der Waals surface area contributed by atoms with E-state index in [9.17, 15) is 16.8 Å². The molecule has 0 atom stereocenters. The molecule has 0 unspecified atom stereocenters. The first-order valence-corrected chi connectivity index (χ1v) is 8.64. The van der Waals surface area contributed by atoms with E-state index in [0.29, 0.717) is 5.56 Å². The second-order valence-corrected chi connectivity index (χ2v) is 7.59. The van der Waals surface area contributed by atoms with Gasteiger partial charge in [0.2, 0.25) is 20.0 Å². The molecule has 0 aliphatic heterocycles. The van der Waals surface area contributed by atoms with Crippen LogP contribution < -0.4 is 15.2 Å². The molecule has 1 aromatic rings. The highest BCUT2D eigenvalue weighted by atomic mass is 32.2. The van der Waals surface area contributed by atoms with Crippen LogP contribution in [0.3, 0.4) is 0 Å². The maximum Gasteiger partial charge on any atom is 0.240 e. The van der Waals surface area contributed by atoms with Crippen LogP contribution in [0.5, 0.6) is 0 Å². The summed E-state index contributed by atoms with van der Waals surface area (Å²) in [5.74, 6) is -0.320. The molecular formula is C10H17N3O4S2. The van der Waals surface area contributed by atoms with Gasteiger partial charge in [0, 0.05) is 13.1 Å². The van der Waals surface area contributed by atoms with Gasteiger partial charge in [-0.3, -0.25) is 0 Å². The number of benzene rings is 1.